The molecule has 4 aromatic rings. The van der Waals surface area contributed by atoms with Gasteiger partial charge in [-0.05, 0) is 78.5 Å². The van der Waals surface area contributed by atoms with Crippen LogP contribution in [0.1, 0.15) is 74.8 Å². The third kappa shape index (κ3) is 7.73. The van der Waals surface area contributed by atoms with E-state index in [1.165, 1.54) is 24.3 Å². The molecule has 5 rings (SSSR count). The van der Waals surface area contributed by atoms with Gasteiger partial charge in [0.25, 0.3) is 0 Å². The second-order valence-electron chi connectivity index (χ2n) is 13.3. The average molecular weight is 677 g/mol. The molecule has 48 heavy (non-hydrogen) atoms. The predicted molar refractivity (Wildman–Crippen MR) is 188 cm³/mol. The molecule has 0 spiro atoms. The zero-order valence-electron chi connectivity index (χ0n) is 27.6. The summed E-state index contributed by atoms with van der Waals surface area (Å²) >= 11 is 1.79. The van der Waals surface area contributed by atoms with Crippen LogP contribution >= 0.6 is 11.8 Å². The molecule has 0 saturated carbocycles. The van der Waals surface area contributed by atoms with E-state index >= 15 is 8.78 Å². The number of carboxylic acid groups (broad SMARTS) is 1. The van der Waals surface area contributed by atoms with Crippen molar-refractivity contribution < 1.29 is 28.5 Å². The lowest BCUT2D eigenvalue weighted by Gasteiger charge is -2.32. The van der Waals surface area contributed by atoms with Crippen LogP contribution in [0.25, 0.3) is 10.9 Å². The summed E-state index contributed by atoms with van der Waals surface area (Å²) in [4.78, 5) is 19.0. The van der Waals surface area contributed by atoms with Crippen LogP contribution in [-0.4, -0.2) is 51.4 Å². The minimum absolute atomic E-state index is 0.0398. The molecule has 0 amide bonds. The summed E-state index contributed by atoms with van der Waals surface area (Å²) in [5.41, 5.74) is 1.56. The maximum atomic E-state index is 15.6. The molecule has 11 heteroatoms. The zero-order chi connectivity index (χ0) is 34.6. The van der Waals surface area contributed by atoms with Crippen LogP contribution < -0.4 is 10.1 Å². The highest BCUT2D eigenvalue weighted by atomic mass is 32.2. The molecular weight excluding hydrogens is 634 g/mol. The number of aromatic nitrogens is 1. The average Bonchev–Trinajstić information content (AvgIpc) is 3.51. The van der Waals surface area contributed by atoms with Gasteiger partial charge >= 0.3 is 5.97 Å². The monoisotopic (exact) mass is 676 g/mol. The number of aliphatic carboxylic acids is 1. The van der Waals surface area contributed by atoms with Crippen LogP contribution in [0.4, 0.5) is 8.78 Å². The van der Waals surface area contributed by atoms with Gasteiger partial charge in [0.05, 0.1) is 23.5 Å². The number of aromatic amines is 1. The van der Waals surface area contributed by atoms with E-state index in [0.29, 0.717) is 29.5 Å². The maximum absolute atomic E-state index is 15.6. The summed E-state index contributed by atoms with van der Waals surface area (Å²) in [6, 6.07) is 14.4. The van der Waals surface area contributed by atoms with Gasteiger partial charge in [0, 0.05) is 35.8 Å². The second-order valence-corrected chi connectivity index (χ2v) is 14.4. The van der Waals surface area contributed by atoms with Crippen LogP contribution in [0.3, 0.4) is 0 Å². The minimum atomic E-state index is -1.22. The fourth-order valence-electron chi connectivity index (χ4n) is 6.22. The fraction of sp³-hybridized carbons (Fsp3) is 0.378. The number of ether oxygens (including phenoxy) is 1. The number of benzene rings is 3. The number of hydrogen-bond donors (Lipinski definition) is 5. The Balaban J connectivity index is 1.61. The van der Waals surface area contributed by atoms with Crippen molar-refractivity contribution in [3.05, 3.63) is 94.7 Å². The predicted octanol–water partition coefficient (Wildman–Crippen LogP) is 8.13. The van der Waals surface area contributed by atoms with Crippen molar-refractivity contribution >= 4 is 40.3 Å². The van der Waals surface area contributed by atoms with Crippen LogP contribution in [0.15, 0.2) is 65.8 Å². The number of carboxylic acids is 1. The number of fused-ring (bicyclic) bond motifs is 5. The highest BCUT2D eigenvalue weighted by Crippen LogP contribution is 2.39. The maximum Gasteiger partial charge on any atom is 0.306 e. The van der Waals surface area contributed by atoms with E-state index in [-0.39, 0.29) is 34.1 Å². The van der Waals surface area contributed by atoms with Crippen LogP contribution in [0, 0.1) is 22.5 Å². The molecule has 1 aromatic heterocycles. The summed E-state index contributed by atoms with van der Waals surface area (Å²) in [5.74, 6) is -0.283. The number of nitrogens with zero attached hydrogens (tertiary/aromatic N) is 1. The van der Waals surface area contributed by atoms with Gasteiger partial charge in [-0.1, -0.05) is 44.5 Å². The number of aryl methyl sites for hydroxylation is 1. The van der Waals surface area contributed by atoms with Gasteiger partial charge in [0.1, 0.15) is 23.2 Å². The first-order valence-corrected chi connectivity index (χ1v) is 17.2. The van der Waals surface area contributed by atoms with E-state index in [9.17, 15) is 20.4 Å². The largest absolute Gasteiger partial charge is 0.481 e. The summed E-state index contributed by atoms with van der Waals surface area (Å²) in [7, 11) is 1.59. The highest BCUT2D eigenvalue weighted by molar-refractivity contribution is 7.99. The third-order valence-electron chi connectivity index (χ3n) is 9.06. The molecule has 2 unspecified atom stereocenters. The summed E-state index contributed by atoms with van der Waals surface area (Å²) in [6.45, 7) is 6.31. The Labute approximate surface area is 283 Å². The van der Waals surface area contributed by atoms with Crippen molar-refractivity contribution in [1.29, 1.82) is 5.41 Å². The van der Waals surface area contributed by atoms with E-state index in [2.05, 4.69) is 29.1 Å². The van der Waals surface area contributed by atoms with Crippen molar-refractivity contribution in [2.75, 3.05) is 18.6 Å². The molecule has 0 fully saturated rings. The van der Waals surface area contributed by atoms with Gasteiger partial charge in [-0.25, -0.2) is 13.8 Å². The number of carbonyl (C=O) groups is 1. The van der Waals surface area contributed by atoms with Gasteiger partial charge < -0.3 is 25.3 Å². The summed E-state index contributed by atoms with van der Waals surface area (Å²) in [6.07, 6.45) is 2.80. The quantitative estimate of drug-likeness (QED) is 0.148. The topological polar surface area (TPSA) is 131 Å². The number of amidine groups is 2. The summed E-state index contributed by atoms with van der Waals surface area (Å²) in [5, 5.41) is 32.9. The van der Waals surface area contributed by atoms with Crippen molar-refractivity contribution in [2.45, 2.75) is 64.4 Å². The second kappa shape index (κ2) is 14.5. The van der Waals surface area contributed by atoms with Crippen LogP contribution in [-0.2, 0) is 16.6 Å². The van der Waals surface area contributed by atoms with Gasteiger partial charge in [0.15, 0.2) is 11.6 Å². The normalized spacial score (nSPS) is 20.8. The van der Waals surface area contributed by atoms with E-state index in [1.54, 1.807) is 43.2 Å². The summed E-state index contributed by atoms with van der Waals surface area (Å²) < 4.78 is 37.2. The van der Waals surface area contributed by atoms with Crippen molar-refractivity contribution in [3.63, 3.8) is 0 Å². The lowest BCUT2D eigenvalue weighted by molar-refractivity contribution is -0.139. The standard InChI is InChI=1S/C37H42F2N4O4S/c1-36(2)13-6-14-37(3,23-8-5-7-22(17-23)31(44)20-32(45)46)35(40)43-34(41-4)27-18-24(9-10-28(27)38)47-33-26(12-16-48-21-36)25-11-15-42-30(25)19-29(33)39/h5,7-11,15,17-19,31,42,44H,6,12-14,16,20-21H2,1-4H3,(H,45,46)(H2,40,41,43). The van der Waals surface area contributed by atoms with Crippen molar-refractivity contribution in [1.82, 2.24) is 10.3 Å². The number of thioether (sulfide) groups is 1. The van der Waals surface area contributed by atoms with Crippen LogP contribution in [0.2, 0.25) is 0 Å². The number of aliphatic imine (C=N–C) groups is 1. The Hall–Kier alpha value is -4.22. The number of aliphatic hydroxyl groups excluding tert-OH is 1. The van der Waals surface area contributed by atoms with Gasteiger partial charge in [0.2, 0.25) is 0 Å². The van der Waals surface area contributed by atoms with Crippen LogP contribution in [0.5, 0.6) is 11.5 Å². The van der Waals surface area contributed by atoms with Gasteiger partial charge in [-0.3, -0.25) is 10.2 Å². The molecule has 0 saturated heterocycles. The van der Waals surface area contributed by atoms with Gasteiger partial charge in [-0.2, -0.15) is 11.8 Å². The van der Waals surface area contributed by atoms with E-state index in [4.69, 9.17) is 4.74 Å². The first-order valence-electron chi connectivity index (χ1n) is 16.0. The molecule has 0 radical (unpaired) electrons. The third-order valence-corrected chi connectivity index (χ3v) is 10.5. The van der Waals surface area contributed by atoms with Crippen molar-refractivity contribution in [3.8, 4) is 11.5 Å². The lowest BCUT2D eigenvalue weighted by Crippen LogP contribution is -2.34. The molecule has 3 aromatic carbocycles. The Bertz CT molecular complexity index is 1860. The molecule has 2 heterocycles. The molecular formula is C37H42F2N4O4S. The molecule has 0 aliphatic carbocycles. The number of halogens is 2. The Kier molecular flexibility index (Phi) is 10.6. The Morgan fingerprint density at radius 1 is 1.12 bits per heavy atom. The SMILES string of the molecule is CN/C1=N\C(=N)C(C)(c2cccc(C(O)CC(=O)O)c2)CCCC(C)(C)CSCCc2c(c(F)cc3[nH]ccc23)Oc2ccc(F)c1c2. The fourth-order valence-corrected chi connectivity index (χ4v) is 7.41. The van der Waals surface area contributed by atoms with E-state index in [0.717, 1.165) is 35.3 Å². The minimum Gasteiger partial charge on any atom is -0.481 e. The lowest BCUT2D eigenvalue weighted by atomic mass is 9.74. The molecule has 1 aliphatic heterocycles. The molecule has 2 bridgehead atoms. The molecule has 8 nitrogen and oxygen atoms in total. The molecule has 1 aliphatic rings. The Morgan fingerprint density at radius 2 is 1.92 bits per heavy atom. The number of aliphatic hydroxyl groups is 1. The molecule has 254 valence electrons. The Morgan fingerprint density at radius 3 is 2.67 bits per heavy atom. The smallest absolute Gasteiger partial charge is 0.306 e. The van der Waals surface area contributed by atoms with Crippen molar-refractivity contribution in [2.24, 2.45) is 10.4 Å². The number of H-pyrrole nitrogens is 1. The first kappa shape index (κ1) is 35.1. The van der Waals surface area contributed by atoms with Gasteiger partial charge in [-0.15, -0.1) is 0 Å². The molecule has 5 N–H and O–H groups in total. The first-order chi connectivity index (χ1) is 22.8. The number of nitrogens with one attached hydrogen (secondary N) is 3. The zero-order valence-corrected chi connectivity index (χ0v) is 28.4. The molecule has 2 atom stereocenters. The van der Waals surface area contributed by atoms with E-state index < -0.39 is 35.5 Å². The number of rotatable bonds is 4. The van der Waals surface area contributed by atoms with E-state index in [1.807, 2.05) is 19.1 Å². The number of hydrogen-bond acceptors (Lipinski definition) is 6. The highest BCUT2D eigenvalue weighted by Gasteiger charge is 2.34.